The molecule has 0 aliphatic heterocycles. The number of carbonyl (C=O) groups is 1. The van der Waals surface area contributed by atoms with Gasteiger partial charge in [-0.3, -0.25) is 5.32 Å². The van der Waals surface area contributed by atoms with Gasteiger partial charge < -0.3 is 9.47 Å². The standard InChI is InChI=1S/C15H14ClNO3/c1-10-9-11(16)3-8-14(10)20-15(18)17-12-4-6-13(19-2)7-5-12/h3-9H,1-2H3,(H,17,18). The molecule has 2 rings (SSSR count). The number of nitrogens with one attached hydrogen (secondary N) is 1. The number of ether oxygens (including phenoxy) is 2. The number of hydrogen-bond acceptors (Lipinski definition) is 3. The molecular formula is C15H14ClNO3. The molecule has 0 radical (unpaired) electrons. The topological polar surface area (TPSA) is 47.6 Å². The minimum Gasteiger partial charge on any atom is -0.497 e. The molecule has 0 atom stereocenters. The Bertz CT molecular complexity index is 611. The molecule has 0 spiro atoms. The van der Waals surface area contributed by atoms with E-state index in [1.807, 2.05) is 6.92 Å². The van der Waals surface area contributed by atoms with Crippen molar-refractivity contribution in [3.63, 3.8) is 0 Å². The molecule has 2 aromatic rings. The first-order chi connectivity index (χ1) is 9.58. The number of benzene rings is 2. The second kappa shape index (κ2) is 6.30. The predicted molar refractivity (Wildman–Crippen MR) is 78.8 cm³/mol. The van der Waals surface area contributed by atoms with Gasteiger partial charge in [0.1, 0.15) is 11.5 Å². The Morgan fingerprint density at radius 3 is 2.45 bits per heavy atom. The average molecular weight is 292 g/mol. The number of amides is 1. The highest BCUT2D eigenvalue weighted by molar-refractivity contribution is 6.30. The molecule has 0 aliphatic carbocycles. The van der Waals surface area contributed by atoms with E-state index in [9.17, 15) is 4.79 Å². The Morgan fingerprint density at radius 1 is 1.15 bits per heavy atom. The molecule has 0 fully saturated rings. The lowest BCUT2D eigenvalue weighted by atomic mass is 10.2. The molecule has 4 nitrogen and oxygen atoms in total. The van der Waals surface area contributed by atoms with Crippen molar-refractivity contribution < 1.29 is 14.3 Å². The Kier molecular flexibility index (Phi) is 4.48. The third-order valence-electron chi connectivity index (χ3n) is 2.68. The maximum atomic E-state index is 11.8. The maximum absolute atomic E-state index is 11.8. The van der Waals surface area contributed by atoms with Crippen LogP contribution in [0, 0.1) is 6.92 Å². The van der Waals surface area contributed by atoms with Gasteiger partial charge in [-0.05, 0) is 55.0 Å². The van der Waals surface area contributed by atoms with Crippen LogP contribution in [-0.2, 0) is 0 Å². The van der Waals surface area contributed by atoms with Crippen molar-refractivity contribution in [1.29, 1.82) is 0 Å². The van der Waals surface area contributed by atoms with Crippen LogP contribution in [0.5, 0.6) is 11.5 Å². The second-order valence-corrected chi connectivity index (χ2v) is 4.59. The van der Waals surface area contributed by atoms with Crippen LogP contribution in [0.2, 0.25) is 5.02 Å². The largest absolute Gasteiger partial charge is 0.497 e. The summed E-state index contributed by atoms with van der Waals surface area (Å²) in [5.74, 6) is 1.19. The molecule has 0 saturated heterocycles. The minimum absolute atomic E-state index is 0.473. The van der Waals surface area contributed by atoms with Crippen molar-refractivity contribution in [2.75, 3.05) is 12.4 Å². The summed E-state index contributed by atoms with van der Waals surface area (Å²) in [7, 11) is 1.58. The van der Waals surface area contributed by atoms with Gasteiger partial charge in [0.25, 0.3) is 0 Å². The number of rotatable bonds is 3. The number of hydrogen-bond donors (Lipinski definition) is 1. The van der Waals surface area contributed by atoms with Crippen molar-refractivity contribution >= 4 is 23.4 Å². The summed E-state index contributed by atoms with van der Waals surface area (Å²) in [6.07, 6.45) is -0.555. The molecule has 20 heavy (non-hydrogen) atoms. The van der Waals surface area contributed by atoms with E-state index >= 15 is 0 Å². The zero-order valence-corrected chi connectivity index (χ0v) is 11.9. The summed E-state index contributed by atoms with van der Waals surface area (Å²) in [6.45, 7) is 1.82. The van der Waals surface area contributed by atoms with Crippen molar-refractivity contribution in [3.05, 3.63) is 53.1 Å². The van der Waals surface area contributed by atoms with E-state index in [1.165, 1.54) is 0 Å². The molecule has 0 aromatic heterocycles. The van der Waals surface area contributed by atoms with Gasteiger partial charge in [0, 0.05) is 10.7 Å². The number of anilines is 1. The molecule has 0 aliphatic rings. The summed E-state index contributed by atoms with van der Waals surface area (Å²) >= 11 is 5.84. The van der Waals surface area contributed by atoms with E-state index in [2.05, 4.69) is 5.32 Å². The Balaban J connectivity index is 2.01. The van der Waals surface area contributed by atoms with Crippen LogP contribution in [-0.4, -0.2) is 13.2 Å². The quantitative estimate of drug-likeness (QED) is 0.919. The fraction of sp³-hybridized carbons (Fsp3) is 0.133. The van der Waals surface area contributed by atoms with Gasteiger partial charge in [-0.25, -0.2) is 4.79 Å². The smallest absolute Gasteiger partial charge is 0.417 e. The summed E-state index contributed by atoms with van der Waals surface area (Å²) in [4.78, 5) is 11.8. The zero-order chi connectivity index (χ0) is 14.5. The highest BCUT2D eigenvalue weighted by Gasteiger charge is 2.08. The third-order valence-corrected chi connectivity index (χ3v) is 2.91. The fourth-order valence-corrected chi connectivity index (χ4v) is 1.87. The fourth-order valence-electron chi connectivity index (χ4n) is 1.64. The van der Waals surface area contributed by atoms with Gasteiger partial charge >= 0.3 is 6.09 Å². The second-order valence-electron chi connectivity index (χ2n) is 4.15. The lowest BCUT2D eigenvalue weighted by Crippen LogP contribution is -2.17. The lowest BCUT2D eigenvalue weighted by Gasteiger charge is -2.09. The van der Waals surface area contributed by atoms with Crippen molar-refractivity contribution in [2.45, 2.75) is 6.92 Å². The summed E-state index contributed by atoms with van der Waals surface area (Å²) in [5, 5.41) is 3.24. The summed E-state index contributed by atoms with van der Waals surface area (Å²) < 4.78 is 10.3. The molecule has 0 unspecified atom stereocenters. The van der Waals surface area contributed by atoms with Crippen molar-refractivity contribution in [3.8, 4) is 11.5 Å². The lowest BCUT2D eigenvalue weighted by molar-refractivity contribution is 0.215. The van der Waals surface area contributed by atoms with E-state index in [-0.39, 0.29) is 0 Å². The van der Waals surface area contributed by atoms with Crippen LogP contribution < -0.4 is 14.8 Å². The number of carbonyl (C=O) groups excluding carboxylic acids is 1. The molecule has 0 heterocycles. The first-order valence-corrected chi connectivity index (χ1v) is 6.35. The zero-order valence-electron chi connectivity index (χ0n) is 11.1. The minimum atomic E-state index is -0.555. The first kappa shape index (κ1) is 14.2. The van der Waals surface area contributed by atoms with Crippen LogP contribution in [0.1, 0.15) is 5.56 Å². The van der Waals surface area contributed by atoms with Gasteiger partial charge in [0.2, 0.25) is 0 Å². The molecular weight excluding hydrogens is 278 g/mol. The normalized spacial score (nSPS) is 9.95. The predicted octanol–water partition coefficient (Wildman–Crippen LogP) is 4.27. The van der Waals surface area contributed by atoms with Crippen LogP contribution in [0.15, 0.2) is 42.5 Å². The molecule has 1 amide bonds. The number of halogens is 1. The molecule has 104 valence electrons. The van der Waals surface area contributed by atoms with E-state index in [0.717, 1.165) is 11.3 Å². The summed E-state index contributed by atoms with van der Waals surface area (Å²) in [6, 6.07) is 12.0. The summed E-state index contributed by atoms with van der Waals surface area (Å²) in [5.41, 5.74) is 1.42. The highest BCUT2D eigenvalue weighted by atomic mass is 35.5. The SMILES string of the molecule is COc1ccc(NC(=O)Oc2ccc(Cl)cc2C)cc1. The number of methoxy groups -OCH3 is 1. The molecule has 0 saturated carbocycles. The molecule has 1 N–H and O–H groups in total. The third kappa shape index (κ3) is 3.65. The van der Waals surface area contributed by atoms with E-state index in [4.69, 9.17) is 21.1 Å². The van der Waals surface area contributed by atoms with E-state index in [0.29, 0.717) is 16.5 Å². The van der Waals surface area contributed by atoms with Gasteiger partial charge in [-0.1, -0.05) is 11.6 Å². The van der Waals surface area contributed by atoms with Gasteiger partial charge in [-0.2, -0.15) is 0 Å². The first-order valence-electron chi connectivity index (χ1n) is 5.97. The van der Waals surface area contributed by atoms with Crippen LogP contribution in [0.3, 0.4) is 0 Å². The number of aryl methyl sites for hydroxylation is 1. The van der Waals surface area contributed by atoms with Crippen molar-refractivity contribution in [2.24, 2.45) is 0 Å². The molecule has 0 bridgehead atoms. The van der Waals surface area contributed by atoms with Crippen LogP contribution in [0.4, 0.5) is 10.5 Å². The Morgan fingerprint density at radius 2 is 1.85 bits per heavy atom. The van der Waals surface area contributed by atoms with E-state index < -0.39 is 6.09 Å². The van der Waals surface area contributed by atoms with E-state index in [1.54, 1.807) is 49.6 Å². The average Bonchev–Trinajstić information content (AvgIpc) is 2.43. The van der Waals surface area contributed by atoms with Crippen LogP contribution >= 0.6 is 11.6 Å². The highest BCUT2D eigenvalue weighted by Crippen LogP contribution is 2.22. The van der Waals surface area contributed by atoms with Gasteiger partial charge in [0.15, 0.2) is 0 Å². The van der Waals surface area contributed by atoms with Crippen molar-refractivity contribution in [1.82, 2.24) is 0 Å². The monoisotopic (exact) mass is 291 g/mol. The Hall–Kier alpha value is -2.20. The molecule has 2 aromatic carbocycles. The van der Waals surface area contributed by atoms with Crippen LogP contribution in [0.25, 0.3) is 0 Å². The van der Waals surface area contributed by atoms with Gasteiger partial charge in [0.05, 0.1) is 7.11 Å². The van der Waals surface area contributed by atoms with Gasteiger partial charge in [-0.15, -0.1) is 0 Å². The molecule has 5 heteroatoms. The maximum Gasteiger partial charge on any atom is 0.417 e. The Labute approximate surface area is 122 Å².